The number of hydrogen-bond donors (Lipinski definition) is 1. The van der Waals surface area contributed by atoms with Gasteiger partial charge in [-0.15, -0.1) is 0 Å². The van der Waals surface area contributed by atoms with Gasteiger partial charge in [-0.05, 0) is 70.6 Å². The average Bonchev–Trinajstić information content (AvgIpc) is 3.02. The number of rotatable bonds is 4. The Kier molecular flexibility index (Phi) is 5.19. The molecular weight excluding hydrogens is 286 g/mol. The van der Waals surface area contributed by atoms with Crippen molar-refractivity contribution in [3.63, 3.8) is 0 Å². The molecule has 0 spiro atoms. The summed E-state index contributed by atoms with van der Waals surface area (Å²) in [5, 5.41) is 3.10. The van der Waals surface area contributed by atoms with Crippen molar-refractivity contribution in [3.8, 4) is 0 Å². The lowest BCUT2D eigenvalue weighted by molar-refractivity contribution is 0.204. The zero-order valence-electron chi connectivity index (χ0n) is 13.0. The van der Waals surface area contributed by atoms with Gasteiger partial charge in [0.15, 0.2) is 0 Å². The normalized spacial score (nSPS) is 28.2. The molecule has 3 saturated heterocycles. The van der Waals surface area contributed by atoms with Crippen LogP contribution < -0.4 is 5.32 Å². The monoisotopic (exact) mass is 315 g/mol. The van der Waals surface area contributed by atoms with Crippen LogP contribution in [0.5, 0.6) is 0 Å². The fourth-order valence-electron chi connectivity index (χ4n) is 3.98. The second-order valence-corrected chi connectivity index (χ2v) is 9.06. The quantitative estimate of drug-likeness (QED) is 0.837. The maximum Gasteiger partial charge on any atom is 0.217 e. The lowest BCUT2D eigenvalue weighted by Crippen LogP contribution is -2.47. The van der Waals surface area contributed by atoms with Crippen molar-refractivity contribution in [1.29, 1.82) is 0 Å². The summed E-state index contributed by atoms with van der Waals surface area (Å²) in [5.41, 5.74) is 0. The van der Waals surface area contributed by atoms with E-state index in [9.17, 15) is 8.42 Å². The van der Waals surface area contributed by atoms with E-state index in [0.29, 0.717) is 5.92 Å². The van der Waals surface area contributed by atoms with Crippen molar-refractivity contribution >= 4 is 10.0 Å². The van der Waals surface area contributed by atoms with Crippen molar-refractivity contribution < 1.29 is 8.42 Å². The topological polar surface area (TPSA) is 52.7 Å². The standard InChI is InChI=1S/C15H29N3O2S/c19-21(20,15-3-7-16-8-4-15)18-11-5-14(6-12-18)13-17-9-1-2-10-17/h14-16H,1-13H2. The summed E-state index contributed by atoms with van der Waals surface area (Å²) in [7, 11) is -3.06. The van der Waals surface area contributed by atoms with Crippen molar-refractivity contribution in [3.05, 3.63) is 0 Å². The molecule has 0 radical (unpaired) electrons. The van der Waals surface area contributed by atoms with E-state index < -0.39 is 10.0 Å². The highest BCUT2D eigenvalue weighted by Crippen LogP contribution is 2.26. The molecule has 3 fully saturated rings. The lowest BCUT2D eigenvalue weighted by Gasteiger charge is -2.36. The van der Waals surface area contributed by atoms with E-state index in [-0.39, 0.29) is 5.25 Å². The summed E-state index contributed by atoms with van der Waals surface area (Å²) in [4.78, 5) is 2.56. The van der Waals surface area contributed by atoms with Crippen LogP contribution in [0.4, 0.5) is 0 Å². The van der Waals surface area contributed by atoms with E-state index in [4.69, 9.17) is 0 Å². The van der Waals surface area contributed by atoms with Crippen molar-refractivity contribution in [2.24, 2.45) is 5.92 Å². The summed E-state index contributed by atoms with van der Waals surface area (Å²) in [6, 6.07) is 0. The van der Waals surface area contributed by atoms with Gasteiger partial charge in [-0.2, -0.15) is 0 Å². The molecule has 0 unspecified atom stereocenters. The van der Waals surface area contributed by atoms with Gasteiger partial charge in [0.2, 0.25) is 10.0 Å². The summed E-state index contributed by atoms with van der Waals surface area (Å²) in [6.45, 7) is 6.84. The van der Waals surface area contributed by atoms with Crippen molar-refractivity contribution in [1.82, 2.24) is 14.5 Å². The molecule has 0 aromatic carbocycles. The van der Waals surface area contributed by atoms with Crippen molar-refractivity contribution in [2.45, 2.75) is 43.8 Å². The largest absolute Gasteiger partial charge is 0.317 e. The Labute approximate surface area is 129 Å². The predicted octanol–water partition coefficient (Wildman–Crippen LogP) is 0.876. The fourth-order valence-corrected chi connectivity index (χ4v) is 5.95. The molecule has 0 aromatic rings. The number of likely N-dealkylation sites (tertiary alicyclic amines) is 1. The maximum atomic E-state index is 12.7. The van der Waals surface area contributed by atoms with Crippen LogP contribution in [0.1, 0.15) is 38.5 Å². The van der Waals surface area contributed by atoms with Crippen LogP contribution >= 0.6 is 0 Å². The van der Waals surface area contributed by atoms with Gasteiger partial charge >= 0.3 is 0 Å². The Morgan fingerprint density at radius 2 is 1.52 bits per heavy atom. The minimum Gasteiger partial charge on any atom is -0.317 e. The third kappa shape index (κ3) is 3.78. The van der Waals surface area contributed by atoms with Gasteiger partial charge in [-0.3, -0.25) is 0 Å². The van der Waals surface area contributed by atoms with Gasteiger partial charge in [-0.25, -0.2) is 12.7 Å². The molecule has 3 heterocycles. The Morgan fingerprint density at radius 1 is 0.905 bits per heavy atom. The second-order valence-electron chi connectivity index (χ2n) is 6.84. The van der Waals surface area contributed by atoms with Crippen molar-refractivity contribution in [2.75, 3.05) is 45.8 Å². The predicted molar refractivity (Wildman–Crippen MR) is 84.8 cm³/mol. The molecule has 3 rings (SSSR count). The molecule has 0 aliphatic carbocycles. The highest BCUT2D eigenvalue weighted by molar-refractivity contribution is 7.89. The SMILES string of the molecule is O=S(=O)(C1CCNCC1)N1CCC(CN2CCCC2)CC1. The van der Waals surface area contributed by atoms with E-state index in [1.165, 1.54) is 32.5 Å². The summed E-state index contributed by atoms with van der Waals surface area (Å²) >= 11 is 0. The van der Waals surface area contributed by atoms with E-state index >= 15 is 0 Å². The van der Waals surface area contributed by atoms with E-state index in [0.717, 1.165) is 51.9 Å². The van der Waals surface area contributed by atoms with E-state index in [2.05, 4.69) is 10.2 Å². The zero-order chi connectivity index (χ0) is 14.7. The molecule has 0 amide bonds. The first-order chi connectivity index (χ1) is 10.2. The molecule has 5 nitrogen and oxygen atoms in total. The molecule has 1 N–H and O–H groups in total. The van der Waals surface area contributed by atoms with Crippen LogP contribution in [0.3, 0.4) is 0 Å². The fraction of sp³-hybridized carbons (Fsp3) is 1.00. The minimum absolute atomic E-state index is 0.145. The van der Waals surface area contributed by atoms with E-state index in [1.807, 2.05) is 0 Å². The molecule has 0 atom stereocenters. The third-order valence-electron chi connectivity index (χ3n) is 5.36. The van der Waals surface area contributed by atoms with Gasteiger partial charge < -0.3 is 10.2 Å². The van der Waals surface area contributed by atoms with E-state index in [1.54, 1.807) is 4.31 Å². The highest BCUT2D eigenvalue weighted by atomic mass is 32.2. The number of sulfonamides is 1. The van der Waals surface area contributed by atoms with Crippen LogP contribution in [0, 0.1) is 5.92 Å². The first kappa shape index (κ1) is 15.7. The smallest absolute Gasteiger partial charge is 0.217 e. The van der Waals surface area contributed by atoms with Gasteiger partial charge in [0.25, 0.3) is 0 Å². The third-order valence-corrected chi connectivity index (χ3v) is 7.75. The van der Waals surface area contributed by atoms with Crippen LogP contribution in [0.25, 0.3) is 0 Å². The molecule has 21 heavy (non-hydrogen) atoms. The number of nitrogens with one attached hydrogen (secondary N) is 1. The summed E-state index contributed by atoms with van der Waals surface area (Å²) < 4.78 is 27.1. The molecule has 0 aromatic heterocycles. The highest BCUT2D eigenvalue weighted by Gasteiger charge is 2.35. The Balaban J connectivity index is 1.50. The molecule has 3 aliphatic rings. The lowest BCUT2D eigenvalue weighted by atomic mass is 9.98. The molecule has 3 aliphatic heterocycles. The maximum absolute atomic E-state index is 12.7. The number of nitrogens with zero attached hydrogens (tertiary/aromatic N) is 2. The summed E-state index contributed by atoms with van der Waals surface area (Å²) in [6.07, 6.45) is 6.30. The number of piperidine rings is 2. The molecule has 122 valence electrons. The molecule has 0 saturated carbocycles. The first-order valence-corrected chi connectivity index (χ1v) is 10.1. The zero-order valence-corrected chi connectivity index (χ0v) is 13.8. The minimum atomic E-state index is -3.06. The van der Waals surface area contributed by atoms with Gasteiger partial charge in [0.05, 0.1) is 5.25 Å². The molecule has 0 bridgehead atoms. The average molecular weight is 315 g/mol. The first-order valence-electron chi connectivity index (χ1n) is 8.58. The molecular formula is C15H29N3O2S. The van der Waals surface area contributed by atoms with Gasteiger partial charge in [0, 0.05) is 19.6 Å². The Bertz CT molecular complexity index is 420. The van der Waals surface area contributed by atoms with Gasteiger partial charge in [0.1, 0.15) is 0 Å². The Morgan fingerprint density at radius 3 is 2.14 bits per heavy atom. The number of hydrogen-bond acceptors (Lipinski definition) is 4. The van der Waals surface area contributed by atoms with Crippen LogP contribution in [-0.4, -0.2) is 68.7 Å². The second kappa shape index (κ2) is 6.94. The summed E-state index contributed by atoms with van der Waals surface area (Å²) in [5.74, 6) is 0.697. The Hall–Kier alpha value is -0.170. The molecule has 6 heteroatoms. The van der Waals surface area contributed by atoms with Crippen LogP contribution in [0.2, 0.25) is 0 Å². The van der Waals surface area contributed by atoms with Crippen LogP contribution in [-0.2, 0) is 10.0 Å². The van der Waals surface area contributed by atoms with Crippen LogP contribution in [0.15, 0.2) is 0 Å². The van der Waals surface area contributed by atoms with Gasteiger partial charge in [-0.1, -0.05) is 0 Å².